The lowest BCUT2D eigenvalue weighted by Gasteiger charge is -2.19. The maximum Gasteiger partial charge on any atom is 0.417 e. The predicted molar refractivity (Wildman–Crippen MR) is 127 cm³/mol. The van der Waals surface area contributed by atoms with Gasteiger partial charge in [-0.3, -0.25) is 19.9 Å². The van der Waals surface area contributed by atoms with E-state index in [0.717, 1.165) is 31.2 Å². The van der Waals surface area contributed by atoms with Crippen molar-refractivity contribution in [1.29, 1.82) is 0 Å². The molecule has 2 unspecified atom stereocenters. The van der Waals surface area contributed by atoms with E-state index in [0.29, 0.717) is 18.2 Å². The third-order valence-corrected chi connectivity index (χ3v) is 5.52. The van der Waals surface area contributed by atoms with Crippen LogP contribution in [0.2, 0.25) is 5.02 Å². The Morgan fingerprint density at radius 3 is 2.20 bits per heavy atom. The highest BCUT2D eigenvalue weighted by Gasteiger charge is 2.40. The number of anilines is 1. The van der Waals surface area contributed by atoms with Gasteiger partial charge in [0, 0.05) is 0 Å². The van der Waals surface area contributed by atoms with Gasteiger partial charge in [0.1, 0.15) is 12.6 Å². The van der Waals surface area contributed by atoms with Crippen molar-refractivity contribution in [3.8, 4) is 0 Å². The van der Waals surface area contributed by atoms with Gasteiger partial charge in [-0.05, 0) is 42.3 Å². The quantitative estimate of drug-likeness (QED) is 0.226. The monoisotopic (exact) mass is 605 g/mol. The van der Waals surface area contributed by atoms with Crippen molar-refractivity contribution >= 4 is 35.2 Å². The Morgan fingerprint density at radius 1 is 1.00 bits per heavy atom. The first-order valence-electron chi connectivity index (χ1n) is 11.0. The molecule has 220 valence electrons. The molecule has 0 aromatic heterocycles. The minimum atomic E-state index is -5.15. The molecular weight excluding hydrogens is 585 g/mol. The normalized spacial score (nSPS) is 14.1. The van der Waals surface area contributed by atoms with E-state index in [-0.39, 0.29) is 21.8 Å². The molecule has 0 bridgehead atoms. The van der Waals surface area contributed by atoms with Crippen LogP contribution in [-0.4, -0.2) is 43.9 Å². The first-order chi connectivity index (χ1) is 18.3. The van der Waals surface area contributed by atoms with E-state index in [2.05, 4.69) is 10.3 Å². The molecule has 2 rings (SSSR count). The maximum atomic E-state index is 13.8. The summed E-state index contributed by atoms with van der Waals surface area (Å²) >= 11 is 5.90. The summed E-state index contributed by atoms with van der Waals surface area (Å²) in [6.07, 6.45) is -13.4. The molecule has 2 atom stereocenters. The number of hydrogen-bond donors (Lipinski definition) is 3. The first kappa shape index (κ1) is 32.8. The molecule has 0 heterocycles. The Morgan fingerprint density at radius 2 is 1.65 bits per heavy atom. The SMILES string of the molecule is CONc1cc(C(/C=C/c2ccc(C(=O)NC(C)C(=O)NCC(F)(F)F)c(C(F)(F)F)c2)C(F)(F)F)ccc1Cl. The predicted octanol–water partition coefficient (Wildman–Crippen LogP) is 6.49. The molecule has 0 radical (unpaired) electrons. The molecular formula is C24H21ClF9N3O3. The van der Waals surface area contributed by atoms with Crippen LogP contribution in [0.3, 0.4) is 0 Å². The van der Waals surface area contributed by atoms with Gasteiger partial charge in [-0.15, -0.1) is 0 Å². The number of carbonyl (C=O) groups excluding carboxylic acids is 2. The fraction of sp³-hybridized carbons (Fsp3) is 0.333. The molecule has 6 nitrogen and oxygen atoms in total. The van der Waals surface area contributed by atoms with Crippen LogP contribution in [0.4, 0.5) is 45.2 Å². The van der Waals surface area contributed by atoms with Gasteiger partial charge < -0.3 is 10.6 Å². The van der Waals surface area contributed by atoms with Crippen LogP contribution in [-0.2, 0) is 15.8 Å². The van der Waals surface area contributed by atoms with Gasteiger partial charge >= 0.3 is 18.5 Å². The fourth-order valence-corrected chi connectivity index (χ4v) is 3.48. The molecule has 2 aromatic rings. The Bertz CT molecular complexity index is 1240. The molecule has 0 fully saturated rings. The number of halogens is 10. The Balaban J connectivity index is 2.36. The van der Waals surface area contributed by atoms with Gasteiger partial charge in [-0.2, -0.15) is 39.5 Å². The third-order valence-electron chi connectivity index (χ3n) is 5.19. The van der Waals surface area contributed by atoms with Gasteiger partial charge in [-0.25, -0.2) is 0 Å². The minimum Gasteiger partial charge on any atom is -0.345 e. The van der Waals surface area contributed by atoms with Crippen molar-refractivity contribution in [1.82, 2.24) is 10.6 Å². The van der Waals surface area contributed by atoms with Crippen LogP contribution in [0.15, 0.2) is 42.5 Å². The summed E-state index contributed by atoms with van der Waals surface area (Å²) in [6.45, 7) is -0.768. The third kappa shape index (κ3) is 9.33. The summed E-state index contributed by atoms with van der Waals surface area (Å²) < 4.78 is 119. The molecule has 0 saturated heterocycles. The van der Waals surface area contributed by atoms with Crippen molar-refractivity contribution in [3.63, 3.8) is 0 Å². The first-order valence-corrected chi connectivity index (χ1v) is 11.4. The van der Waals surface area contributed by atoms with Gasteiger partial charge in [-0.1, -0.05) is 35.9 Å². The lowest BCUT2D eigenvalue weighted by Crippen LogP contribution is -2.47. The van der Waals surface area contributed by atoms with Gasteiger partial charge in [0.25, 0.3) is 5.91 Å². The Labute approximate surface area is 226 Å². The number of rotatable bonds is 9. The molecule has 16 heteroatoms. The van der Waals surface area contributed by atoms with Crippen LogP contribution >= 0.6 is 11.6 Å². The minimum absolute atomic E-state index is 0.0142. The van der Waals surface area contributed by atoms with E-state index >= 15 is 0 Å². The average Bonchev–Trinajstić information content (AvgIpc) is 2.82. The van der Waals surface area contributed by atoms with Crippen molar-refractivity contribution < 1.29 is 53.9 Å². The molecule has 0 aliphatic heterocycles. The number of benzene rings is 2. The average molecular weight is 606 g/mol. The topological polar surface area (TPSA) is 79.5 Å². The highest BCUT2D eigenvalue weighted by molar-refractivity contribution is 6.33. The zero-order chi connectivity index (χ0) is 30.5. The summed E-state index contributed by atoms with van der Waals surface area (Å²) in [6, 6.07) is 3.68. The number of hydrogen-bond acceptors (Lipinski definition) is 4. The number of allylic oxidation sites excluding steroid dienone is 1. The molecule has 0 aliphatic carbocycles. The van der Waals surface area contributed by atoms with E-state index in [9.17, 15) is 49.1 Å². The van der Waals surface area contributed by atoms with Crippen molar-refractivity contribution in [2.45, 2.75) is 37.4 Å². The smallest absolute Gasteiger partial charge is 0.345 e. The van der Waals surface area contributed by atoms with Crippen LogP contribution in [0.5, 0.6) is 0 Å². The Kier molecular flexibility index (Phi) is 10.5. The summed E-state index contributed by atoms with van der Waals surface area (Å²) in [5, 5.41) is 3.39. The standard InChI is InChI=1S/C24H21ClF9N3O3/c1-12(20(38)35-11-22(26,27)28)36-21(39)15-6-3-13(9-17(15)24(32,33)34)4-7-16(23(29,30)31)14-5-8-18(25)19(10-14)37-40-2/h3-10,12,16,37H,11H2,1-2H3,(H,35,38)(H,36,39)/b7-4+. The number of nitrogens with one attached hydrogen (secondary N) is 3. The maximum absolute atomic E-state index is 13.8. The van der Waals surface area contributed by atoms with Crippen molar-refractivity contribution in [3.05, 3.63) is 69.8 Å². The molecule has 0 spiro atoms. The van der Waals surface area contributed by atoms with Crippen molar-refractivity contribution in [2.24, 2.45) is 0 Å². The van der Waals surface area contributed by atoms with E-state index < -0.39 is 60.0 Å². The van der Waals surface area contributed by atoms with E-state index in [1.807, 2.05) is 5.32 Å². The van der Waals surface area contributed by atoms with Crippen LogP contribution in [0.25, 0.3) is 6.08 Å². The van der Waals surface area contributed by atoms with Crippen molar-refractivity contribution in [2.75, 3.05) is 19.1 Å². The molecule has 3 N–H and O–H groups in total. The lowest BCUT2D eigenvalue weighted by molar-refractivity contribution is -0.139. The number of alkyl halides is 9. The van der Waals surface area contributed by atoms with Gasteiger partial charge in [0.2, 0.25) is 5.91 Å². The lowest BCUT2D eigenvalue weighted by atomic mass is 9.95. The molecule has 0 aliphatic rings. The Hall–Kier alpha value is -3.46. The molecule has 2 amide bonds. The molecule has 40 heavy (non-hydrogen) atoms. The molecule has 2 aromatic carbocycles. The second-order valence-electron chi connectivity index (χ2n) is 8.25. The van der Waals surface area contributed by atoms with E-state index in [4.69, 9.17) is 11.6 Å². The largest absolute Gasteiger partial charge is 0.417 e. The van der Waals surface area contributed by atoms with Crippen LogP contribution in [0.1, 0.15) is 39.9 Å². The van der Waals surface area contributed by atoms with Crippen LogP contribution in [0, 0.1) is 0 Å². The highest BCUT2D eigenvalue weighted by Crippen LogP contribution is 2.39. The summed E-state index contributed by atoms with van der Waals surface area (Å²) in [4.78, 5) is 28.8. The van der Waals surface area contributed by atoms with E-state index in [1.165, 1.54) is 18.5 Å². The summed E-state index contributed by atoms with van der Waals surface area (Å²) in [5.74, 6) is -5.01. The van der Waals surface area contributed by atoms with Crippen LogP contribution < -0.4 is 16.1 Å². The second-order valence-corrected chi connectivity index (χ2v) is 8.66. The fourth-order valence-electron chi connectivity index (χ4n) is 3.32. The van der Waals surface area contributed by atoms with E-state index in [1.54, 1.807) is 0 Å². The molecule has 0 saturated carbocycles. The van der Waals surface area contributed by atoms with Gasteiger partial charge in [0.05, 0.1) is 34.9 Å². The summed E-state index contributed by atoms with van der Waals surface area (Å²) in [5.41, 5.74) is -0.877. The number of amides is 2. The zero-order valence-electron chi connectivity index (χ0n) is 20.5. The number of carbonyl (C=O) groups is 2. The van der Waals surface area contributed by atoms with Gasteiger partial charge in [0.15, 0.2) is 0 Å². The highest BCUT2D eigenvalue weighted by atomic mass is 35.5. The summed E-state index contributed by atoms with van der Waals surface area (Å²) in [7, 11) is 1.20. The second kappa shape index (κ2) is 12.8. The zero-order valence-corrected chi connectivity index (χ0v) is 21.2.